The van der Waals surface area contributed by atoms with E-state index in [4.69, 9.17) is 32.7 Å². The third-order valence-electron chi connectivity index (χ3n) is 3.10. The second-order valence-electron chi connectivity index (χ2n) is 4.37. The van der Waals surface area contributed by atoms with E-state index in [1.165, 1.54) is 7.11 Å². The van der Waals surface area contributed by atoms with Gasteiger partial charge in [-0.15, -0.1) is 0 Å². The summed E-state index contributed by atoms with van der Waals surface area (Å²) < 4.78 is 10.3. The van der Waals surface area contributed by atoms with Crippen LogP contribution in [0.15, 0.2) is 36.4 Å². The number of methoxy groups -OCH3 is 2. The molecule has 0 saturated carbocycles. The van der Waals surface area contributed by atoms with Gasteiger partial charge in [0.1, 0.15) is 0 Å². The molecule has 0 aliphatic heterocycles. The van der Waals surface area contributed by atoms with Crippen LogP contribution < -0.4 is 9.47 Å². The number of benzene rings is 2. The van der Waals surface area contributed by atoms with E-state index in [9.17, 15) is 4.79 Å². The molecule has 0 aliphatic carbocycles. The normalized spacial score (nSPS) is 10.3. The SMILES string of the molecule is COc1ccc(C(=O)Cc2c(Cl)cccc2Cl)cc1OC. The van der Waals surface area contributed by atoms with Gasteiger partial charge in [-0.1, -0.05) is 29.3 Å². The number of rotatable bonds is 5. The summed E-state index contributed by atoms with van der Waals surface area (Å²) in [5, 5.41) is 0.965. The summed E-state index contributed by atoms with van der Waals surface area (Å²) in [4.78, 5) is 12.4. The first-order valence-electron chi connectivity index (χ1n) is 6.25. The molecule has 0 bridgehead atoms. The quantitative estimate of drug-likeness (QED) is 0.763. The van der Waals surface area contributed by atoms with Gasteiger partial charge in [0.15, 0.2) is 17.3 Å². The maximum atomic E-state index is 12.4. The minimum absolute atomic E-state index is 0.0917. The summed E-state index contributed by atoms with van der Waals surface area (Å²) in [6, 6.07) is 10.2. The zero-order valence-corrected chi connectivity index (χ0v) is 13.2. The monoisotopic (exact) mass is 324 g/mol. The number of ether oxygens (including phenoxy) is 2. The van der Waals surface area contributed by atoms with Crippen LogP contribution in [0.5, 0.6) is 11.5 Å². The van der Waals surface area contributed by atoms with E-state index in [1.807, 2.05) is 0 Å². The molecular formula is C16H14Cl2O3. The molecule has 0 amide bonds. The van der Waals surface area contributed by atoms with E-state index < -0.39 is 0 Å². The number of hydrogen-bond acceptors (Lipinski definition) is 3. The third-order valence-corrected chi connectivity index (χ3v) is 3.81. The zero-order valence-electron chi connectivity index (χ0n) is 11.7. The van der Waals surface area contributed by atoms with Crippen molar-refractivity contribution in [2.45, 2.75) is 6.42 Å². The van der Waals surface area contributed by atoms with Gasteiger partial charge in [0.25, 0.3) is 0 Å². The zero-order chi connectivity index (χ0) is 15.4. The van der Waals surface area contributed by atoms with Crippen molar-refractivity contribution in [2.75, 3.05) is 14.2 Å². The van der Waals surface area contributed by atoms with Crippen molar-refractivity contribution in [1.29, 1.82) is 0 Å². The van der Waals surface area contributed by atoms with Crippen molar-refractivity contribution in [3.8, 4) is 11.5 Å². The highest BCUT2D eigenvalue weighted by Gasteiger charge is 2.14. The predicted octanol–water partition coefficient (Wildman–Crippen LogP) is 4.44. The van der Waals surface area contributed by atoms with E-state index in [2.05, 4.69) is 0 Å². The van der Waals surface area contributed by atoms with Crippen molar-refractivity contribution in [1.82, 2.24) is 0 Å². The van der Waals surface area contributed by atoms with Gasteiger partial charge in [0.2, 0.25) is 0 Å². The first-order valence-corrected chi connectivity index (χ1v) is 7.00. The van der Waals surface area contributed by atoms with Crippen molar-refractivity contribution < 1.29 is 14.3 Å². The Morgan fingerprint density at radius 3 is 2.19 bits per heavy atom. The fourth-order valence-electron chi connectivity index (χ4n) is 1.97. The van der Waals surface area contributed by atoms with Gasteiger partial charge in [0.05, 0.1) is 14.2 Å². The van der Waals surface area contributed by atoms with E-state index in [0.29, 0.717) is 32.7 Å². The van der Waals surface area contributed by atoms with Gasteiger partial charge in [-0.3, -0.25) is 4.79 Å². The maximum absolute atomic E-state index is 12.4. The highest BCUT2D eigenvalue weighted by molar-refractivity contribution is 6.36. The molecule has 2 aromatic carbocycles. The smallest absolute Gasteiger partial charge is 0.167 e. The van der Waals surface area contributed by atoms with Gasteiger partial charge in [-0.25, -0.2) is 0 Å². The van der Waals surface area contributed by atoms with E-state index in [-0.39, 0.29) is 12.2 Å². The van der Waals surface area contributed by atoms with Crippen LogP contribution in [0.4, 0.5) is 0 Å². The molecule has 0 N–H and O–H groups in total. The first kappa shape index (κ1) is 15.7. The molecule has 2 aromatic rings. The molecule has 2 rings (SSSR count). The molecule has 21 heavy (non-hydrogen) atoms. The van der Waals surface area contributed by atoms with E-state index >= 15 is 0 Å². The van der Waals surface area contributed by atoms with Gasteiger partial charge >= 0.3 is 0 Å². The lowest BCUT2D eigenvalue weighted by molar-refractivity contribution is 0.0992. The van der Waals surface area contributed by atoms with Crippen LogP contribution in [-0.2, 0) is 6.42 Å². The summed E-state index contributed by atoms with van der Waals surface area (Å²) >= 11 is 12.2. The molecule has 0 saturated heterocycles. The van der Waals surface area contributed by atoms with Crippen LogP contribution >= 0.6 is 23.2 Å². The fourth-order valence-corrected chi connectivity index (χ4v) is 2.50. The first-order chi connectivity index (χ1) is 10.1. The van der Waals surface area contributed by atoms with Gasteiger partial charge in [-0.2, -0.15) is 0 Å². The Morgan fingerprint density at radius 2 is 1.62 bits per heavy atom. The summed E-state index contributed by atoms with van der Waals surface area (Å²) in [6.45, 7) is 0. The van der Waals surface area contributed by atoms with Crippen molar-refractivity contribution >= 4 is 29.0 Å². The minimum atomic E-state index is -0.0917. The lowest BCUT2D eigenvalue weighted by Crippen LogP contribution is -2.05. The summed E-state index contributed by atoms with van der Waals surface area (Å²) in [6.07, 6.45) is 0.133. The summed E-state index contributed by atoms with van der Waals surface area (Å²) in [5.41, 5.74) is 1.14. The van der Waals surface area contributed by atoms with Crippen molar-refractivity contribution in [2.24, 2.45) is 0 Å². The molecule has 0 aliphatic rings. The largest absolute Gasteiger partial charge is 0.493 e. The fraction of sp³-hybridized carbons (Fsp3) is 0.188. The molecule has 0 unspecified atom stereocenters. The summed E-state index contributed by atoms with van der Waals surface area (Å²) in [7, 11) is 3.07. The molecular weight excluding hydrogens is 311 g/mol. The van der Waals surface area contributed by atoms with Crippen LogP contribution in [0, 0.1) is 0 Å². The molecule has 0 heterocycles. The number of carbonyl (C=O) groups is 1. The van der Waals surface area contributed by atoms with Crippen molar-refractivity contribution in [3.63, 3.8) is 0 Å². The standard InChI is InChI=1S/C16H14Cl2O3/c1-20-15-7-6-10(8-16(15)21-2)14(19)9-11-12(17)4-3-5-13(11)18/h3-8H,9H2,1-2H3. The molecule has 3 nitrogen and oxygen atoms in total. The molecule has 0 fully saturated rings. The molecule has 0 atom stereocenters. The highest BCUT2D eigenvalue weighted by atomic mass is 35.5. The predicted molar refractivity (Wildman–Crippen MR) is 84.0 cm³/mol. The molecule has 5 heteroatoms. The number of carbonyl (C=O) groups excluding carboxylic acids is 1. The molecule has 0 aromatic heterocycles. The maximum Gasteiger partial charge on any atom is 0.167 e. The molecule has 110 valence electrons. The van der Waals surface area contributed by atoms with Gasteiger partial charge in [0, 0.05) is 22.0 Å². The molecule has 0 spiro atoms. The summed E-state index contributed by atoms with van der Waals surface area (Å²) in [5.74, 6) is 0.990. The van der Waals surface area contributed by atoms with Crippen LogP contribution in [0.25, 0.3) is 0 Å². The Labute approximate surface area is 133 Å². The van der Waals surface area contributed by atoms with Gasteiger partial charge in [-0.05, 0) is 35.9 Å². The van der Waals surface area contributed by atoms with Crippen molar-refractivity contribution in [3.05, 3.63) is 57.6 Å². The van der Waals surface area contributed by atoms with Crippen LogP contribution in [0.2, 0.25) is 10.0 Å². The second-order valence-corrected chi connectivity index (χ2v) is 5.18. The second kappa shape index (κ2) is 6.83. The topological polar surface area (TPSA) is 35.5 Å². The Morgan fingerprint density at radius 1 is 1.00 bits per heavy atom. The Balaban J connectivity index is 2.29. The highest BCUT2D eigenvalue weighted by Crippen LogP contribution is 2.30. The number of hydrogen-bond donors (Lipinski definition) is 0. The molecule has 0 radical (unpaired) electrons. The minimum Gasteiger partial charge on any atom is -0.493 e. The van der Waals surface area contributed by atoms with Crippen LogP contribution in [0.1, 0.15) is 15.9 Å². The number of Topliss-reactive ketones (excluding diaryl/α,β-unsaturated/α-hetero) is 1. The number of ketones is 1. The Hall–Kier alpha value is -1.71. The van der Waals surface area contributed by atoms with E-state index in [1.54, 1.807) is 43.5 Å². The number of halogens is 2. The average Bonchev–Trinajstić information content (AvgIpc) is 2.50. The van der Waals surface area contributed by atoms with Crippen LogP contribution in [0.3, 0.4) is 0 Å². The third kappa shape index (κ3) is 3.49. The van der Waals surface area contributed by atoms with Gasteiger partial charge < -0.3 is 9.47 Å². The Kier molecular flexibility index (Phi) is 5.10. The lowest BCUT2D eigenvalue weighted by atomic mass is 10.0. The Bertz CT molecular complexity index is 648. The van der Waals surface area contributed by atoms with Crippen LogP contribution in [-0.4, -0.2) is 20.0 Å². The lowest BCUT2D eigenvalue weighted by Gasteiger charge is -2.10. The average molecular weight is 325 g/mol. The van der Waals surface area contributed by atoms with E-state index in [0.717, 1.165) is 0 Å².